The highest BCUT2D eigenvalue weighted by Gasteiger charge is 2.18. The number of primary amides is 1. The minimum Gasteiger partial charge on any atom is -0.480 e. The normalized spacial score (nSPS) is 9.65. The molecule has 0 aliphatic heterocycles. The van der Waals surface area contributed by atoms with E-state index in [1.807, 2.05) is 0 Å². The molecule has 0 atom stereocenters. The first-order valence-electron chi connectivity index (χ1n) is 4.57. The third-order valence-electron chi connectivity index (χ3n) is 1.73. The smallest absolute Gasteiger partial charge is 0.323 e. The van der Waals surface area contributed by atoms with Crippen molar-refractivity contribution in [2.24, 2.45) is 5.73 Å². The molecule has 92 valence electrons. The maximum atomic E-state index is 11.6. The maximum absolute atomic E-state index is 11.6. The van der Waals surface area contributed by atoms with Crippen molar-refractivity contribution in [3.05, 3.63) is 16.8 Å². The Morgan fingerprint density at radius 3 is 2.59 bits per heavy atom. The molecule has 4 N–H and O–H groups in total. The average molecular weight is 257 g/mol. The summed E-state index contributed by atoms with van der Waals surface area (Å²) in [5, 5.41) is 14.5. The largest absolute Gasteiger partial charge is 0.480 e. The van der Waals surface area contributed by atoms with Gasteiger partial charge in [-0.15, -0.1) is 0 Å². The van der Waals surface area contributed by atoms with Gasteiger partial charge in [0.2, 0.25) is 5.91 Å². The lowest BCUT2D eigenvalue weighted by Gasteiger charge is -2.18. The minimum absolute atomic E-state index is 0.442. The van der Waals surface area contributed by atoms with Gasteiger partial charge >= 0.3 is 12.0 Å². The van der Waals surface area contributed by atoms with Gasteiger partial charge < -0.3 is 21.1 Å². The zero-order valence-electron chi connectivity index (χ0n) is 8.75. The van der Waals surface area contributed by atoms with Crippen molar-refractivity contribution in [3.63, 3.8) is 0 Å². The van der Waals surface area contributed by atoms with Crippen molar-refractivity contribution < 1.29 is 19.5 Å². The predicted octanol–water partition coefficient (Wildman–Crippen LogP) is 0.152. The molecule has 1 aromatic rings. The molecule has 0 unspecified atom stereocenters. The number of carboxylic acids is 1. The van der Waals surface area contributed by atoms with E-state index in [0.717, 1.165) is 4.90 Å². The summed E-state index contributed by atoms with van der Waals surface area (Å²) in [5.41, 5.74) is 5.47. The van der Waals surface area contributed by atoms with Gasteiger partial charge in [0.1, 0.15) is 13.1 Å². The minimum atomic E-state index is -1.22. The highest BCUT2D eigenvalue weighted by atomic mass is 32.1. The van der Waals surface area contributed by atoms with Crippen molar-refractivity contribution in [2.75, 3.05) is 18.4 Å². The van der Waals surface area contributed by atoms with E-state index in [1.165, 1.54) is 11.3 Å². The van der Waals surface area contributed by atoms with Crippen molar-refractivity contribution in [1.29, 1.82) is 0 Å². The monoisotopic (exact) mass is 257 g/mol. The molecule has 0 spiro atoms. The Morgan fingerprint density at radius 2 is 2.12 bits per heavy atom. The van der Waals surface area contributed by atoms with Gasteiger partial charge in [-0.3, -0.25) is 9.59 Å². The van der Waals surface area contributed by atoms with Crippen LogP contribution in [0, 0.1) is 0 Å². The average Bonchev–Trinajstić information content (AvgIpc) is 2.67. The molecule has 0 fully saturated rings. The number of hydrogen-bond donors (Lipinski definition) is 3. The van der Waals surface area contributed by atoms with E-state index in [1.54, 1.807) is 16.8 Å². The highest BCUT2D eigenvalue weighted by Crippen LogP contribution is 2.12. The van der Waals surface area contributed by atoms with E-state index in [9.17, 15) is 14.4 Å². The van der Waals surface area contributed by atoms with Crippen LogP contribution in [0.2, 0.25) is 0 Å². The van der Waals surface area contributed by atoms with Gasteiger partial charge in [-0.2, -0.15) is 11.3 Å². The molecule has 3 amide bonds. The summed E-state index contributed by atoms with van der Waals surface area (Å²) >= 11 is 1.38. The van der Waals surface area contributed by atoms with Gasteiger partial charge in [0, 0.05) is 5.38 Å². The van der Waals surface area contributed by atoms with Gasteiger partial charge in [0.05, 0.1) is 5.69 Å². The number of nitrogens with one attached hydrogen (secondary N) is 1. The molecule has 8 heteroatoms. The Bertz CT molecular complexity index is 402. The molecular formula is C9H11N3O4S. The van der Waals surface area contributed by atoms with Crippen LogP contribution in [0.4, 0.5) is 10.5 Å². The van der Waals surface area contributed by atoms with E-state index in [2.05, 4.69) is 5.32 Å². The van der Waals surface area contributed by atoms with E-state index in [4.69, 9.17) is 10.8 Å². The second-order valence-corrected chi connectivity index (χ2v) is 3.94. The van der Waals surface area contributed by atoms with Crippen LogP contribution in [0.3, 0.4) is 0 Å². The number of nitrogens with zero attached hydrogens (tertiary/aromatic N) is 1. The van der Waals surface area contributed by atoms with Gasteiger partial charge in [-0.1, -0.05) is 0 Å². The number of carbonyl (C=O) groups excluding carboxylic acids is 2. The molecular weight excluding hydrogens is 246 g/mol. The van der Waals surface area contributed by atoms with Crippen molar-refractivity contribution >= 4 is 34.9 Å². The number of carbonyl (C=O) groups is 3. The molecule has 0 radical (unpaired) electrons. The van der Waals surface area contributed by atoms with Crippen LogP contribution in [0.25, 0.3) is 0 Å². The fraction of sp³-hybridized carbons (Fsp3) is 0.222. The van der Waals surface area contributed by atoms with E-state index < -0.39 is 31.0 Å². The molecule has 0 aliphatic rings. The first-order valence-corrected chi connectivity index (χ1v) is 5.51. The van der Waals surface area contributed by atoms with Gasteiger partial charge in [0.25, 0.3) is 0 Å². The fourth-order valence-electron chi connectivity index (χ4n) is 1.09. The molecule has 0 saturated carbocycles. The molecule has 7 nitrogen and oxygen atoms in total. The summed E-state index contributed by atoms with van der Waals surface area (Å²) in [4.78, 5) is 33.7. The lowest BCUT2D eigenvalue weighted by atomic mass is 10.4. The van der Waals surface area contributed by atoms with Crippen LogP contribution >= 0.6 is 11.3 Å². The first kappa shape index (κ1) is 13.0. The molecule has 1 rings (SSSR count). The Balaban J connectivity index is 2.65. The summed E-state index contributed by atoms with van der Waals surface area (Å²) in [6.45, 7) is -1.03. The summed E-state index contributed by atoms with van der Waals surface area (Å²) in [7, 11) is 0. The van der Waals surface area contributed by atoms with Gasteiger partial charge in [-0.05, 0) is 11.4 Å². The Labute approximate surface area is 101 Å². The first-order chi connectivity index (χ1) is 7.99. The number of amides is 3. The summed E-state index contributed by atoms with van der Waals surface area (Å²) in [6.07, 6.45) is 0. The number of aliphatic carboxylic acids is 1. The molecule has 0 bridgehead atoms. The second-order valence-electron chi connectivity index (χ2n) is 3.16. The number of anilines is 1. The number of thiophene rings is 1. The van der Waals surface area contributed by atoms with Crippen molar-refractivity contribution in [3.8, 4) is 0 Å². The van der Waals surface area contributed by atoms with Crippen molar-refractivity contribution in [1.82, 2.24) is 4.90 Å². The van der Waals surface area contributed by atoms with Crippen molar-refractivity contribution in [2.45, 2.75) is 0 Å². The van der Waals surface area contributed by atoms with Crippen LogP contribution < -0.4 is 11.1 Å². The molecule has 1 aromatic heterocycles. The number of carboxylic acid groups (broad SMARTS) is 1. The standard InChI is InChI=1S/C9H11N3O4S/c10-7(13)3-12(4-8(14)15)9(16)11-6-1-2-17-5-6/h1-2,5H,3-4H2,(H2,10,13)(H,11,16)(H,14,15). The zero-order chi connectivity index (χ0) is 12.8. The summed E-state index contributed by atoms with van der Waals surface area (Å²) < 4.78 is 0. The molecule has 1 heterocycles. The van der Waals surface area contributed by atoms with E-state index in [0.29, 0.717) is 5.69 Å². The van der Waals surface area contributed by atoms with Gasteiger partial charge in [0.15, 0.2) is 0 Å². The second kappa shape index (κ2) is 5.85. The summed E-state index contributed by atoms with van der Waals surface area (Å²) in [6, 6.07) is 0.982. The van der Waals surface area contributed by atoms with Crippen LogP contribution in [-0.4, -0.2) is 41.0 Å². The maximum Gasteiger partial charge on any atom is 0.323 e. The topological polar surface area (TPSA) is 113 Å². The Hall–Kier alpha value is -2.09. The Kier molecular flexibility index (Phi) is 4.46. The lowest BCUT2D eigenvalue weighted by molar-refractivity contribution is -0.137. The molecule has 0 saturated heterocycles. The number of urea groups is 1. The fourth-order valence-corrected chi connectivity index (χ4v) is 1.68. The van der Waals surface area contributed by atoms with E-state index in [-0.39, 0.29) is 0 Å². The summed E-state index contributed by atoms with van der Waals surface area (Å²) in [5.74, 6) is -1.99. The SMILES string of the molecule is NC(=O)CN(CC(=O)O)C(=O)Nc1ccsc1. The van der Waals surface area contributed by atoms with Crippen LogP contribution in [0.15, 0.2) is 16.8 Å². The quantitative estimate of drug-likeness (QED) is 0.696. The lowest BCUT2D eigenvalue weighted by Crippen LogP contribution is -2.43. The number of hydrogen-bond acceptors (Lipinski definition) is 4. The Morgan fingerprint density at radius 1 is 1.41 bits per heavy atom. The molecule has 17 heavy (non-hydrogen) atoms. The van der Waals surface area contributed by atoms with Gasteiger partial charge in [-0.25, -0.2) is 4.79 Å². The predicted molar refractivity (Wildman–Crippen MR) is 61.7 cm³/mol. The van der Waals surface area contributed by atoms with Crippen LogP contribution in [0.5, 0.6) is 0 Å². The zero-order valence-corrected chi connectivity index (χ0v) is 9.57. The number of nitrogens with two attached hydrogens (primary N) is 1. The third-order valence-corrected chi connectivity index (χ3v) is 2.42. The van der Waals surface area contributed by atoms with E-state index >= 15 is 0 Å². The van der Waals surface area contributed by atoms with Crippen LogP contribution in [0.1, 0.15) is 0 Å². The molecule has 0 aliphatic carbocycles. The molecule has 0 aromatic carbocycles. The van der Waals surface area contributed by atoms with Crippen LogP contribution in [-0.2, 0) is 9.59 Å². The number of rotatable bonds is 5. The third kappa shape index (κ3) is 4.51. The highest BCUT2D eigenvalue weighted by molar-refractivity contribution is 7.08.